The number of nitrogens with one attached hydrogen (secondary N) is 2. The summed E-state index contributed by atoms with van der Waals surface area (Å²) in [5.74, 6) is 0.188. The van der Waals surface area contributed by atoms with Gasteiger partial charge >= 0.3 is 0 Å². The first-order valence-electron chi connectivity index (χ1n) is 9.94. The molecule has 1 saturated heterocycles. The van der Waals surface area contributed by atoms with Crippen molar-refractivity contribution in [2.45, 2.75) is 23.6 Å². The van der Waals surface area contributed by atoms with E-state index >= 15 is 0 Å². The Morgan fingerprint density at radius 1 is 1.17 bits per heavy atom. The molecule has 3 heterocycles. The second-order valence-corrected chi connectivity index (χ2v) is 9.25. The van der Waals surface area contributed by atoms with Crippen molar-refractivity contribution in [2.24, 2.45) is 0 Å². The highest BCUT2D eigenvalue weighted by molar-refractivity contribution is 8.01. The van der Waals surface area contributed by atoms with Crippen LogP contribution in [0.15, 0.2) is 46.9 Å². The first kappa shape index (κ1) is 20.6. The summed E-state index contributed by atoms with van der Waals surface area (Å²) >= 11 is 2.80. The molecule has 0 spiro atoms. The molecule has 2 aromatic heterocycles. The molecule has 0 bridgehead atoms. The topological polar surface area (TPSA) is 91.0 Å². The number of hydrogen-bond acceptors (Lipinski definition) is 7. The predicted molar refractivity (Wildman–Crippen MR) is 120 cm³/mol. The number of carbonyl (C=O) groups excluding carboxylic acids is 2. The van der Waals surface area contributed by atoms with Crippen LogP contribution < -0.4 is 5.32 Å². The molecule has 7 nitrogen and oxygen atoms in total. The summed E-state index contributed by atoms with van der Waals surface area (Å²) < 4.78 is 0.745. The molecule has 0 aliphatic carbocycles. The molecule has 0 unspecified atom stereocenters. The van der Waals surface area contributed by atoms with E-state index in [9.17, 15) is 9.59 Å². The van der Waals surface area contributed by atoms with Gasteiger partial charge in [0, 0.05) is 31.4 Å². The average molecular weight is 442 g/mol. The lowest BCUT2D eigenvalue weighted by Crippen LogP contribution is -2.27. The molecule has 0 atom stereocenters. The summed E-state index contributed by atoms with van der Waals surface area (Å²) in [5.41, 5.74) is 2.27. The Kier molecular flexibility index (Phi) is 6.81. The van der Waals surface area contributed by atoms with E-state index in [1.54, 1.807) is 12.3 Å². The number of likely N-dealkylation sites (tertiary alicyclic amines) is 1. The summed E-state index contributed by atoms with van der Waals surface area (Å²) in [6.45, 7) is 2.35. The maximum Gasteiger partial charge on any atom is 0.270 e. The highest BCUT2D eigenvalue weighted by Gasteiger charge is 2.21. The Morgan fingerprint density at radius 2 is 1.97 bits per heavy atom. The van der Waals surface area contributed by atoms with Gasteiger partial charge in [0.1, 0.15) is 5.69 Å². The zero-order valence-corrected chi connectivity index (χ0v) is 18.1. The number of ketones is 1. The van der Waals surface area contributed by atoms with Crippen LogP contribution in [-0.4, -0.2) is 57.2 Å². The average Bonchev–Trinajstić information content (AvgIpc) is 3.54. The Labute approximate surface area is 183 Å². The molecule has 0 radical (unpaired) electrons. The van der Waals surface area contributed by atoms with Crippen molar-refractivity contribution in [3.05, 3.63) is 59.4 Å². The van der Waals surface area contributed by atoms with E-state index in [1.807, 2.05) is 23.1 Å². The minimum atomic E-state index is -0.0366. The number of thioether (sulfide) groups is 1. The number of aromatic amines is 1. The highest BCUT2D eigenvalue weighted by atomic mass is 32.2. The molecule has 0 saturated carbocycles. The monoisotopic (exact) mass is 441 g/mol. The highest BCUT2D eigenvalue weighted by Crippen LogP contribution is 2.26. The van der Waals surface area contributed by atoms with Gasteiger partial charge in [-0.05, 0) is 30.9 Å². The number of Topliss-reactive ketones (excluding diaryl/α,β-unsaturated/α-hetero) is 1. The smallest absolute Gasteiger partial charge is 0.270 e. The molecule has 1 aliphatic rings. The van der Waals surface area contributed by atoms with Gasteiger partial charge in [-0.25, -0.2) is 0 Å². The van der Waals surface area contributed by atoms with Gasteiger partial charge < -0.3 is 15.2 Å². The largest absolute Gasteiger partial charge is 0.360 e. The molecule has 1 aliphatic heterocycles. The summed E-state index contributed by atoms with van der Waals surface area (Å²) in [4.78, 5) is 29.6. The number of aromatic nitrogens is 3. The molecule has 1 amide bonds. The van der Waals surface area contributed by atoms with Crippen LogP contribution in [0, 0.1) is 0 Å². The summed E-state index contributed by atoms with van der Waals surface area (Å²) in [7, 11) is 0. The first-order chi connectivity index (χ1) is 14.7. The number of H-pyrrole nitrogens is 1. The zero-order valence-electron chi connectivity index (χ0n) is 16.5. The van der Waals surface area contributed by atoms with E-state index in [2.05, 4.69) is 32.6 Å². The van der Waals surface area contributed by atoms with Gasteiger partial charge in [-0.15, -0.1) is 10.2 Å². The Bertz CT molecular complexity index is 996. The lowest BCUT2D eigenvalue weighted by Gasteiger charge is -2.13. The third-order valence-corrected chi connectivity index (χ3v) is 6.91. The second-order valence-electron chi connectivity index (χ2n) is 7.05. The van der Waals surface area contributed by atoms with E-state index in [0.717, 1.165) is 48.4 Å². The van der Waals surface area contributed by atoms with E-state index < -0.39 is 0 Å². The number of nitrogens with zero attached hydrogens (tertiary/aromatic N) is 3. The molecule has 30 heavy (non-hydrogen) atoms. The third-order valence-electron chi connectivity index (χ3n) is 4.89. The standard InChI is InChI=1S/C21H23N5O2S2/c27-18(16-12-17(23-13-16)19(28)26-10-4-5-11-26)14-29-21-25-24-20(30-21)22-9-8-15-6-2-1-3-7-15/h1-3,6-7,12-13,23H,4-5,8-11,14H2,(H,22,24). The van der Waals surface area contributed by atoms with E-state index in [0.29, 0.717) is 11.3 Å². The van der Waals surface area contributed by atoms with Gasteiger partial charge in [0.05, 0.1) is 5.75 Å². The number of hydrogen-bond donors (Lipinski definition) is 2. The molecule has 2 N–H and O–H groups in total. The van der Waals surface area contributed by atoms with E-state index in [1.165, 1.54) is 28.7 Å². The molecule has 1 fully saturated rings. The molecule has 9 heteroatoms. The fourth-order valence-corrected chi connectivity index (χ4v) is 4.95. The van der Waals surface area contributed by atoms with Crippen LogP contribution in [0.1, 0.15) is 39.3 Å². The van der Waals surface area contributed by atoms with Gasteiger partial charge in [-0.2, -0.15) is 0 Å². The third kappa shape index (κ3) is 5.28. The number of rotatable bonds is 9. The maximum absolute atomic E-state index is 12.5. The molecule has 1 aromatic carbocycles. The van der Waals surface area contributed by atoms with Crippen LogP contribution >= 0.6 is 23.1 Å². The molecular weight excluding hydrogens is 418 g/mol. The number of benzene rings is 1. The summed E-state index contributed by atoms with van der Waals surface area (Å²) in [6, 6.07) is 11.9. The van der Waals surface area contributed by atoms with Gasteiger partial charge in [0.25, 0.3) is 5.91 Å². The quantitative estimate of drug-likeness (QED) is 0.388. The SMILES string of the molecule is O=C(CSc1nnc(NCCc2ccccc2)s1)c1c[nH]c(C(=O)N2CCCC2)c1. The molecule has 3 aromatic rings. The first-order valence-corrected chi connectivity index (χ1v) is 11.7. The maximum atomic E-state index is 12.5. The van der Waals surface area contributed by atoms with Crippen molar-refractivity contribution < 1.29 is 9.59 Å². The van der Waals surface area contributed by atoms with Crippen molar-refractivity contribution >= 4 is 39.9 Å². The van der Waals surface area contributed by atoms with Crippen LogP contribution in [0.5, 0.6) is 0 Å². The van der Waals surface area contributed by atoms with E-state index in [4.69, 9.17) is 0 Å². The second kappa shape index (κ2) is 9.90. The Hall–Kier alpha value is -2.65. The van der Waals surface area contributed by atoms with Crippen LogP contribution in [0.25, 0.3) is 0 Å². The van der Waals surface area contributed by atoms with Crippen molar-refractivity contribution in [3.8, 4) is 0 Å². The molecular formula is C21H23N5O2S2. The fraction of sp³-hybridized carbons (Fsp3) is 0.333. The molecule has 4 rings (SSSR count). The van der Waals surface area contributed by atoms with Crippen LogP contribution in [-0.2, 0) is 6.42 Å². The Morgan fingerprint density at radius 3 is 2.77 bits per heavy atom. The van der Waals surface area contributed by atoms with Gasteiger partial charge in [-0.1, -0.05) is 53.4 Å². The normalized spacial score (nSPS) is 13.5. The minimum absolute atomic E-state index is 0.0328. The minimum Gasteiger partial charge on any atom is -0.360 e. The van der Waals surface area contributed by atoms with Crippen LogP contribution in [0.4, 0.5) is 5.13 Å². The molecule has 156 valence electrons. The van der Waals surface area contributed by atoms with Gasteiger partial charge in [0.15, 0.2) is 10.1 Å². The predicted octanol–water partition coefficient (Wildman–Crippen LogP) is 3.73. The van der Waals surface area contributed by atoms with Gasteiger partial charge in [0.2, 0.25) is 5.13 Å². The number of carbonyl (C=O) groups is 2. The van der Waals surface area contributed by atoms with Crippen molar-refractivity contribution in [1.29, 1.82) is 0 Å². The van der Waals surface area contributed by atoms with Crippen molar-refractivity contribution in [2.75, 3.05) is 30.7 Å². The fourth-order valence-electron chi connectivity index (χ4n) is 3.28. The summed E-state index contributed by atoms with van der Waals surface area (Å²) in [5, 5.41) is 12.3. The number of anilines is 1. The van der Waals surface area contributed by atoms with Crippen molar-refractivity contribution in [1.82, 2.24) is 20.1 Å². The lowest BCUT2D eigenvalue weighted by molar-refractivity contribution is 0.0787. The zero-order chi connectivity index (χ0) is 20.8. The van der Waals surface area contributed by atoms with Crippen LogP contribution in [0.3, 0.4) is 0 Å². The Balaban J connectivity index is 1.24. The lowest BCUT2D eigenvalue weighted by atomic mass is 10.2. The number of amides is 1. The van der Waals surface area contributed by atoms with Crippen LogP contribution in [0.2, 0.25) is 0 Å². The van der Waals surface area contributed by atoms with E-state index in [-0.39, 0.29) is 17.4 Å². The van der Waals surface area contributed by atoms with Crippen molar-refractivity contribution in [3.63, 3.8) is 0 Å². The summed E-state index contributed by atoms with van der Waals surface area (Å²) in [6.07, 6.45) is 4.61. The van der Waals surface area contributed by atoms with Gasteiger partial charge in [-0.3, -0.25) is 9.59 Å².